The zero-order chi connectivity index (χ0) is 39.3. The van der Waals surface area contributed by atoms with Crippen molar-refractivity contribution in [2.45, 2.75) is 40.2 Å². The smallest absolute Gasteiger partial charge is 0.0950 e. The quantitative estimate of drug-likeness (QED) is 0.0893. The molecule has 0 spiro atoms. The van der Waals surface area contributed by atoms with Crippen LogP contribution in [0.1, 0.15) is 36.5 Å². The topological polar surface area (TPSA) is 202 Å². The third-order valence-electron chi connectivity index (χ3n) is 7.95. The van der Waals surface area contributed by atoms with Crippen molar-refractivity contribution < 1.29 is 5.11 Å². The molecule has 0 saturated carbocycles. The molecular formula is C44H49N9O. The maximum atomic E-state index is 9.54. The van der Waals surface area contributed by atoms with E-state index >= 15 is 0 Å². The van der Waals surface area contributed by atoms with Gasteiger partial charge in [-0.1, -0.05) is 60.7 Å². The van der Waals surface area contributed by atoms with Crippen molar-refractivity contribution >= 4 is 61.1 Å². The molecule has 0 saturated heterocycles. The van der Waals surface area contributed by atoms with Gasteiger partial charge < -0.3 is 33.8 Å². The number of benzene rings is 5. The van der Waals surface area contributed by atoms with E-state index in [1.165, 1.54) is 0 Å². The molecule has 5 aromatic carbocycles. The lowest BCUT2D eigenvalue weighted by molar-refractivity contribution is 0.0786. The third-order valence-corrected chi connectivity index (χ3v) is 7.95. The molecule has 0 aliphatic carbocycles. The fourth-order valence-corrected chi connectivity index (χ4v) is 5.04. The predicted molar refractivity (Wildman–Crippen MR) is 227 cm³/mol. The second-order valence-corrected chi connectivity index (χ2v) is 13.1. The maximum absolute atomic E-state index is 9.54. The molecule has 0 radical (unpaired) electrons. The van der Waals surface area contributed by atoms with Gasteiger partial charge in [0.25, 0.3) is 0 Å². The van der Waals surface area contributed by atoms with Crippen molar-refractivity contribution in [2.24, 2.45) is 0 Å². The molecular weight excluding hydrogens is 671 g/mol. The van der Waals surface area contributed by atoms with Crippen molar-refractivity contribution in [3.8, 4) is 0 Å². The Morgan fingerprint density at radius 1 is 0.463 bits per heavy atom. The summed E-state index contributed by atoms with van der Waals surface area (Å²) >= 11 is 0. The van der Waals surface area contributed by atoms with Crippen LogP contribution in [0.3, 0.4) is 0 Å². The van der Waals surface area contributed by atoms with Gasteiger partial charge in [-0.2, -0.15) is 10.2 Å². The van der Waals surface area contributed by atoms with Crippen LogP contribution >= 0.6 is 0 Å². The fourth-order valence-electron chi connectivity index (χ4n) is 5.04. The Kier molecular flexibility index (Phi) is 13.8. The van der Waals surface area contributed by atoms with Crippen molar-refractivity contribution in [1.29, 1.82) is 0 Å². The molecule has 3 aromatic heterocycles. The largest absolute Gasteiger partial charge is 0.399 e. The molecule has 10 nitrogen and oxygen atoms in total. The van der Waals surface area contributed by atoms with Crippen LogP contribution in [0.4, 0.5) is 28.4 Å². The Morgan fingerprint density at radius 3 is 1.70 bits per heavy atom. The highest BCUT2D eigenvalue weighted by Crippen LogP contribution is 2.21. The number of pyridine rings is 2. The van der Waals surface area contributed by atoms with E-state index in [2.05, 4.69) is 20.2 Å². The van der Waals surface area contributed by atoms with Crippen LogP contribution in [-0.2, 0) is 5.60 Å². The number of aliphatic hydroxyl groups is 1. The van der Waals surface area contributed by atoms with Gasteiger partial charge in [-0.05, 0) is 119 Å². The number of hydrogen-bond donors (Lipinski definition) is 6. The van der Waals surface area contributed by atoms with E-state index in [1.54, 1.807) is 26.0 Å². The number of rotatable bonds is 1. The highest BCUT2D eigenvalue weighted by molar-refractivity contribution is 5.90. The summed E-state index contributed by atoms with van der Waals surface area (Å²) in [5.74, 6) is 0. The van der Waals surface area contributed by atoms with E-state index in [1.807, 2.05) is 148 Å². The predicted octanol–water partition coefficient (Wildman–Crippen LogP) is 8.54. The number of para-hydroxylation sites is 2. The SMILES string of the molecule is CC(C)(O)c1ccc(N)cc1.Cc1cc2c(N)cccc2nn1.Cc1ccc2cc(N)ccc2n1.Cc1ccc2cccc(N)c2n1.Nc1ccccc1. The van der Waals surface area contributed by atoms with Crippen molar-refractivity contribution in [2.75, 3.05) is 28.7 Å². The number of aromatic nitrogens is 4. The summed E-state index contributed by atoms with van der Waals surface area (Å²) in [6, 6.07) is 43.9. The molecule has 276 valence electrons. The van der Waals surface area contributed by atoms with E-state index in [-0.39, 0.29) is 0 Å². The van der Waals surface area contributed by atoms with Gasteiger partial charge in [0.2, 0.25) is 0 Å². The fraction of sp³-hybridized carbons (Fsp3) is 0.136. The summed E-state index contributed by atoms with van der Waals surface area (Å²) in [6.07, 6.45) is 0. The van der Waals surface area contributed by atoms with Gasteiger partial charge in [0.1, 0.15) is 0 Å². The molecule has 54 heavy (non-hydrogen) atoms. The summed E-state index contributed by atoms with van der Waals surface area (Å²) in [4.78, 5) is 8.71. The molecule has 3 heterocycles. The lowest BCUT2D eigenvalue weighted by atomic mass is 9.98. The van der Waals surface area contributed by atoms with Gasteiger partial charge in [0.15, 0.2) is 0 Å². The van der Waals surface area contributed by atoms with Gasteiger partial charge >= 0.3 is 0 Å². The molecule has 0 fully saturated rings. The van der Waals surface area contributed by atoms with Crippen LogP contribution in [0.15, 0.2) is 140 Å². The molecule has 0 bridgehead atoms. The van der Waals surface area contributed by atoms with Gasteiger partial charge in [-0.15, -0.1) is 0 Å². The van der Waals surface area contributed by atoms with Crippen LogP contribution in [0, 0.1) is 20.8 Å². The zero-order valence-corrected chi connectivity index (χ0v) is 31.4. The normalized spacial score (nSPS) is 10.4. The van der Waals surface area contributed by atoms with Crippen molar-refractivity contribution in [1.82, 2.24) is 20.2 Å². The van der Waals surface area contributed by atoms with Crippen molar-refractivity contribution in [3.63, 3.8) is 0 Å². The van der Waals surface area contributed by atoms with E-state index < -0.39 is 5.60 Å². The summed E-state index contributed by atoms with van der Waals surface area (Å²) in [6.45, 7) is 9.34. The molecule has 0 amide bonds. The number of hydrogen-bond acceptors (Lipinski definition) is 10. The Balaban J connectivity index is 0.000000152. The average Bonchev–Trinajstić information content (AvgIpc) is 3.14. The summed E-state index contributed by atoms with van der Waals surface area (Å²) in [5.41, 5.74) is 37.6. The first-order valence-electron chi connectivity index (χ1n) is 17.3. The minimum Gasteiger partial charge on any atom is -0.399 e. The van der Waals surface area contributed by atoms with Crippen molar-refractivity contribution in [3.05, 3.63) is 162 Å². The van der Waals surface area contributed by atoms with E-state index in [4.69, 9.17) is 28.7 Å². The van der Waals surface area contributed by atoms with E-state index in [0.717, 1.165) is 83.8 Å². The molecule has 10 heteroatoms. The number of nitrogens with zero attached hydrogens (tertiary/aromatic N) is 4. The molecule has 0 unspecified atom stereocenters. The Morgan fingerprint density at radius 2 is 1.06 bits per heavy atom. The third kappa shape index (κ3) is 12.2. The number of nitrogen functional groups attached to an aromatic ring is 5. The first-order valence-corrected chi connectivity index (χ1v) is 17.3. The highest BCUT2D eigenvalue weighted by Gasteiger charge is 2.14. The van der Waals surface area contributed by atoms with Crippen LogP contribution in [0.2, 0.25) is 0 Å². The second kappa shape index (κ2) is 18.6. The van der Waals surface area contributed by atoms with Gasteiger partial charge in [0.05, 0.1) is 33.5 Å². The molecule has 0 aliphatic rings. The van der Waals surface area contributed by atoms with Gasteiger partial charge in [-0.3, -0.25) is 9.97 Å². The zero-order valence-electron chi connectivity index (χ0n) is 31.4. The lowest BCUT2D eigenvalue weighted by Crippen LogP contribution is -2.14. The van der Waals surface area contributed by atoms with Crippen LogP contribution in [-0.4, -0.2) is 25.3 Å². The molecule has 0 aliphatic heterocycles. The van der Waals surface area contributed by atoms with Crippen LogP contribution in [0.5, 0.6) is 0 Å². The Bertz CT molecular complexity index is 2270. The van der Waals surface area contributed by atoms with E-state index in [0.29, 0.717) is 0 Å². The average molecular weight is 720 g/mol. The van der Waals surface area contributed by atoms with Gasteiger partial charge in [0, 0.05) is 50.3 Å². The number of fused-ring (bicyclic) bond motifs is 3. The molecule has 8 aromatic rings. The standard InChI is InChI=1S/2C10H10N2.C9H9N3.C9H13NO.C6H7N/c1-7-2-3-8-6-9(11)4-5-10(8)12-7;1-7-5-6-8-3-2-4-9(11)10(8)12-7;1-6-5-7-8(10)3-2-4-9(7)12-11-6;1-9(2,11)7-3-5-8(10)6-4-7;7-6-4-2-1-3-5-6/h2*2-6H,11H2,1H3;2-5H,10H2,1H3;3-6,11H,10H2,1-2H3;1-5H,7H2. The van der Waals surface area contributed by atoms with Gasteiger partial charge in [-0.25, -0.2) is 0 Å². The van der Waals surface area contributed by atoms with Crippen LogP contribution in [0.25, 0.3) is 32.7 Å². The Hall–Kier alpha value is -6.78. The Labute approximate surface area is 316 Å². The first kappa shape index (κ1) is 40.0. The summed E-state index contributed by atoms with van der Waals surface area (Å²) in [7, 11) is 0. The molecule has 0 atom stereocenters. The maximum Gasteiger partial charge on any atom is 0.0950 e. The second-order valence-electron chi connectivity index (χ2n) is 13.1. The monoisotopic (exact) mass is 719 g/mol. The first-order chi connectivity index (χ1) is 25.7. The highest BCUT2D eigenvalue weighted by atomic mass is 16.3. The summed E-state index contributed by atoms with van der Waals surface area (Å²) in [5, 5.41) is 20.7. The minimum atomic E-state index is -0.770. The van der Waals surface area contributed by atoms with E-state index in [9.17, 15) is 5.11 Å². The lowest BCUT2D eigenvalue weighted by Gasteiger charge is -2.17. The number of anilines is 5. The number of nitrogens with two attached hydrogens (primary N) is 5. The molecule has 8 rings (SSSR count). The number of aryl methyl sites for hydroxylation is 3. The minimum absolute atomic E-state index is 0.720. The van der Waals surface area contributed by atoms with Crippen LogP contribution < -0.4 is 28.7 Å². The molecule has 11 N–H and O–H groups in total. The summed E-state index contributed by atoms with van der Waals surface area (Å²) < 4.78 is 0.